The van der Waals surface area contributed by atoms with Gasteiger partial charge in [-0.05, 0) is 42.7 Å². The SMILES string of the molecule is Cc1ccc([C@H](C)NC(=O)c2cc(C#N)cnc2NCc2ccc(-c3cnc4[nH]ncc4c3)cc2)cc1. The first-order valence-electron chi connectivity index (χ1n) is 11.9. The van der Waals surface area contributed by atoms with E-state index < -0.39 is 0 Å². The summed E-state index contributed by atoms with van der Waals surface area (Å²) in [5, 5.41) is 23.5. The van der Waals surface area contributed by atoms with E-state index in [2.05, 4.69) is 36.9 Å². The summed E-state index contributed by atoms with van der Waals surface area (Å²) in [5.41, 5.74) is 6.63. The fraction of sp³-hybridized carbons (Fsp3) is 0.138. The third kappa shape index (κ3) is 5.31. The number of amides is 1. The Balaban J connectivity index is 1.30. The van der Waals surface area contributed by atoms with Crippen molar-refractivity contribution in [3.63, 3.8) is 0 Å². The molecular weight excluding hydrogens is 462 g/mol. The fourth-order valence-corrected chi connectivity index (χ4v) is 4.05. The Kier molecular flexibility index (Phi) is 6.60. The summed E-state index contributed by atoms with van der Waals surface area (Å²) in [6, 6.07) is 21.6. The van der Waals surface area contributed by atoms with E-state index in [0.717, 1.165) is 38.9 Å². The number of rotatable bonds is 7. The van der Waals surface area contributed by atoms with Gasteiger partial charge in [-0.2, -0.15) is 10.4 Å². The molecule has 0 saturated carbocycles. The van der Waals surface area contributed by atoms with E-state index >= 15 is 0 Å². The van der Waals surface area contributed by atoms with Gasteiger partial charge in [0.25, 0.3) is 5.91 Å². The first-order chi connectivity index (χ1) is 18.0. The van der Waals surface area contributed by atoms with E-state index in [0.29, 0.717) is 23.5 Å². The average Bonchev–Trinajstić information content (AvgIpc) is 3.40. The molecule has 0 aliphatic rings. The Morgan fingerprint density at radius 3 is 2.54 bits per heavy atom. The van der Waals surface area contributed by atoms with Gasteiger partial charge in [0, 0.05) is 29.9 Å². The summed E-state index contributed by atoms with van der Waals surface area (Å²) in [7, 11) is 0. The van der Waals surface area contributed by atoms with Crippen molar-refractivity contribution in [3.05, 3.63) is 107 Å². The van der Waals surface area contributed by atoms with Crippen LogP contribution in [0.1, 0.15) is 45.6 Å². The number of anilines is 1. The maximum Gasteiger partial charge on any atom is 0.255 e. The summed E-state index contributed by atoms with van der Waals surface area (Å²) < 4.78 is 0. The van der Waals surface area contributed by atoms with Crippen LogP contribution in [0.25, 0.3) is 22.2 Å². The number of aromatic amines is 1. The zero-order valence-electron chi connectivity index (χ0n) is 20.5. The van der Waals surface area contributed by atoms with Gasteiger partial charge in [-0.3, -0.25) is 9.89 Å². The minimum atomic E-state index is -0.294. The molecule has 1 atom stereocenters. The number of hydrogen-bond acceptors (Lipinski definition) is 6. The van der Waals surface area contributed by atoms with Crippen LogP contribution in [0.15, 0.2) is 79.3 Å². The van der Waals surface area contributed by atoms with E-state index in [-0.39, 0.29) is 11.9 Å². The van der Waals surface area contributed by atoms with Crippen molar-refractivity contribution in [3.8, 4) is 17.2 Å². The van der Waals surface area contributed by atoms with Crippen LogP contribution < -0.4 is 10.6 Å². The van der Waals surface area contributed by atoms with E-state index in [1.165, 1.54) is 6.20 Å². The van der Waals surface area contributed by atoms with Gasteiger partial charge in [0.15, 0.2) is 5.65 Å². The molecule has 0 saturated heterocycles. The number of aromatic nitrogens is 4. The number of carbonyl (C=O) groups excluding carboxylic acids is 1. The highest BCUT2D eigenvalue weighted by molar-refractivity contribution is 5.99. The van der Waals surface area contributed by atoms with E-state index in [1.54, 1.807) is 12.3 Å². The Morgan fingerprint density at radius 1 is 1.00 bits per heavy atom. The average molecular weight is 488 g/mol. The number of nitriles is 1. The highest BCUT2D eigenvalue weighted by Gasteiger charge is 2.17. The first-order valence-corrected chi connectivity index (χ1v) is 11.9. The molecule has 0 unspecified atom stereocenters. The summed E-state index contributed by atoms with van der Waals surface area (Å²) >= 11 is 0. The van der Waals surface area contributed by atoms with Crippen molar-refractivity contribution in [1.29, 1.82) is 5.26 Å². The monoisotopic (exact) mass is 487 g/mol. The Morgan fingerprint density at radius 2 is 1.78 bits per heavy atom. The number of fused-ring (bicyclic) bond motifs is 1. The maximum atomic E-state index is 13.2. The second-order valence-electron chi connectivity index (χ2n) is 8.92. The number of H-pyrrole nitrogens is 1. The number of nitrogens with one attached hydrogen (secondary N) is 3. The molecule has 0 aliphatic carbocycles. The second kappa shape index (κ2) is 10.3. The summed E-state index contributed by atoms with van der Waals surface area (Å²) in [6.45, 7) is 4.42. The number of aryl methyl sites for hydroxylation is 1. The number of benzene rings is 2. The van der Waals surface area contributed by atoms with Crippen LogP contribution in [0.2, 0.25) is 0 Å². The molecule has 3 aromatic heterocycles. The molecule has 37 heavy (non-hydrogen) atoms. The summed E-state index contributed by atoms with van der Waals surface area (Å²) in [5.74, 6) is 0.129. The molecule has 8 nitrogen and oxygen atoms in total. The predicted molar refractivity (Wildman–Crippen MR) is 143 cm³/mol. The zero-order valence-corrected chi connectivity index (χ0v) is 20.5. The van der Waals surface area contributed by atoms with E-state index in [9.17, 15) is 10.1 Å². The van der Waals surface area contributed by atoms with Crippen LogP contribution in [-0.4, -0.2) is 26.1 Å². The van der Waals surface area contributed by atoms with Gasteiger partial charge in [0.1, 0.15) is 11.9 Å². The van der Waals surface area contributed by atoms with Crippen LogP contribution in [0.3, 0.4) is 0 Å². The molecule has 0 aliphatic heterocycles. The Bertz CT molecular complexity index is 1600. The number of nitrogens with zero attached hydrogens (tertiary/aromatic N) is 4. The van der Waals surface area contributed by atoms with Crippen molar-refractivity contribution in [1.82, 2.24) is 25.5 Å². The van der Waals surface area contributed by atoms with Gasteiger partial charge in [-0.1, -0.05) is 54.1 Å². The minimum Gasteiger partial charge on any atom is -0.365 e. The van der Waals surface area contributed by atoms with Gasteiger partial charge in [-0.15, -0.1) is 0 Å². The fourth-order valence-electron chi connectivity index (χ4n) is 4.05. The van der Waals surface area contributed by atoms with Crippen LogP contribution >= 0.6 is 0 Å². The maximum absolute atomic E-state index is 13.2. The predicted octanol–water partition coefficient (Wildman–Crippen LogP) is 5.30. The van der Waals surface area contributed by atoms with Gasteiger partial charge in [-0.25, -0.2) is 9.97 Å². The smallest absolute Gasteiger partial charge is 0.255 e. The van der Waals surface area contributed by atoms with E-state index in [1.807, 2.05) is 74.6 Å². The van der Waals surface area contributed by atoms with Crippen molar-refractivity contribution in [2.24, 2.45) is 0 Å². The molecule has 5 rings (SSSR count). The van der Waals surface area contributed by atoms with Gasteiger partial charge >= 0.3 is 0 Å². The molecule has 0 spiro atoms. The lowest BCUT2D eigenvalue weighted by molar-refractivity contribution is 0.0940. The molecule has 0 radical (unpaired) electrons. The van der Waals surface area contributed by atoms with Crippen molar-refractivity contribution < 1.29 is 4.79 Å². The van der Waals surface area contributed by atoms with Crippen molar-refractivity contribution in [2.75, 3.05) is 5.32 Å². The van der Waals surface area contributed by atoms with Crippen molar-refractivity contribution >= 4 is 22.8 Å². The van der Waals surface area contributed by atoms with Crippen LogP contribution in [0.4, 0.5) is 5.82 Å². The third-order valence-electron chi connectivity index (χ3n) is 6.22. The standard InChI is InChI=1S/C29H25N7O/c1-18-3-7-22(8-4-18)19(2)35-29(37)26-11-21(13-30)15-32-28(26)31-14-20-5-9-23(10-6-20)24-12-25-17-34-36-27(25)33-16-24/h3-12,15-17,19H,14H2,1-2H3,(H,31,32)(H,35,37)(H,33,34,36)/t19-/m0/s1. The van der Waals surface area contributed by atoms with Gasteiger partial charge in [0.05, 0.1) is 23.4 Å². The number of hydrogen-bond donors (Lipinski definition) is 3. The normalized spacial score (nSPS) is 11.6. The molecule has 0 bridgehead atoms. The van der Waals surface area contributed by atoms with Gasteiger partial charge < -0.3 is 10.6 Å². The minimum absolute atomic E-state index is 0.199. The molecule has 8 heteroatoms. The molecule has 5 aromatic rings. The second-order valence-corrected chi connectivity index (χ2v) is 8.92. The summed E-state index contributed by atoms with van der Waals surface area (Å²) in [4.78, 5) is 21.9. The largest absolute Gasteiger partial charge is 0.365 e. The quantitative estimate of drug-likeness (QED) is 0.286. The molecular formula is C29H25N7O. The van der Waals surface area contributed by atoms with E-state index in [4.69, 9.17) is 0 Å². The molecule has 182 valence electrons. The summed E-state index contributed by atoms with van der Waals surface area (Å²) in [6.07, 6.45) is 5.03. The topological polar surface area (TPSA) is 119 Å². The lowest BCUT2D eigenvalue weighted by Gasteiger charge is -2.17. The van der Waals surface area contributed by atoms with Crippen LogP contribution in [0.5, 0.6) is 0 Å². The number of pyridine rings is 2. The molecule has 2 aromatic carbocycles. The molecule has 1 amide bonds. The van der Waals surface area contributed by atoms with Crippen molar-refractivity contribution in [2.45, 2.75) is 26.4 Å². The van der Waals surface area contributed by atoms with Crippen LogP contribution in [0, 0.1) is 18.3 Å². The molecule has 3 heterocycles. The zero-order chi connectivity index (χ0) is 25.8. The van der Waals surface area contributed by atoms with Gasteiger partial charge in [0.2, 0.25) is 0 Å². The molecule has 0 fully saturated rings. The Hall–Kier alpha value is -5.03. The first kappa shape index (κ1) is 23.7. The number of carbonyl (C=O) groups is 1. The Labute approximate surface area is 214 Å². The van der Waals surface area contributed by atoms with Crippen LogP contribution in [-0.2, 0) is 6.54 Å². The highest BCUT2D eigenvalue weighted by Crippen LogP contribution is 2.23. The third-order valence-corrected chi connectivity index (χ3v) is 6.22. The lowest BCUT2D eigenvalue weighted by Crippen LogP contribution is -2.28. The highest BCUT2D eigenvalue weighted by atomic mass is 16.1. The molecule has 3 N–H and O–H groups in total. The lowest BCUT2D eigenvalue weighted by atomic mass is 10.0.